The molecule has 10 heteroatoms. The zero-order valence-corrected chi connectivity index (χ0v) is 17.2. The van der Waals surface area contributed by atoms with E-state index in [9.17, 15) is 27.5 Å². The van der Waals surface area contributed by atoms with E-state index in [0.717, 1.165) is 30.3 Å². The molecule has 1 unspecified atom stereocenters. The van der Waals surface area contributed by atoms with Gasteiger partial charge in [0.25, 0.3) is 11.8 Å². The van der Waals surface area contributed by atoms with Crippen LogP contribution < -0.4 is 10.6 Å². The first-order chi connectivity index (χ1) is 13.4. The van der Waals surface area contributed by atoms with Gasteiger partial charge < -0.3 is 15.7 Å². The van der Waals surface area contributed by atoms with Crippen LogP contribution in [0, 0.1) is 19.7 Å². The Bertz CT molecular complexity index is 1070. The summed E-state index contributed by atoms with van der Waals surface area (Å²) in [6.07, 6.45) is 1.39. The molecule has 2 rings (SSSR count). The van der Waals surface area contributed by atoms with Crippen molar-refractivity contribution in [2.75, 3.05) is 18.1 Å². The lowest BCUT2D eigenvalue weighted by Gasteiger charge is -2.22. The van der Waals surface area contributed by atoms with Crippen LogP contribution in [0.4, 0.5) is 10.1 Å². The molecule has 2 amide bonds. The second-order valence-corrected chi connectivity index (χ2v) is 8.82. The standard InChI is InChI=1S/C19H22FN3O5S/c1-11-7-13(9-22-12(11)2)23-18(25)19(3,26)10-29(27,28)14-5-6-15(16(20)8-14)17(24)21-4/h5-9,26H,10H2,1-4H3,(H,21,24)(H,23,25). The molecule has 156 valence electrons. The second kappa shape index (κ2) is 8.26. The Morgan fingerprint density at radius 2 is 1.90 bits per heavy atom. The first-order valence-electron chi connectivity index (χ1n) is 8.59. The van der Waals surface area contributed by atoms with Gasteiger partial charge in [0.15, 0.2) is 15.4 Å². The van der Waals surface area contributed by atoms with Gasteiger partial charge in [-0.3, -0.25) is 14.6 Å². The van der Waals surface area contributed by atoms with E-state index in [1.807, 2.05) is 0 Å². The maximum Gasteiger partial charge on any atom is 0.257 e. The van der Waals surface area contributed by atoms with E-state index in [1.165, 1.54) is 13.2 Å². The Labute approximate surface area is 168 Å². The highest BCUT2D eigenvalue weighted by molar-refractivity contribution is 7.91. The van der Waals surface area contributed by atoms with Crippen LogP contribution in [0.3, 0.4) is 0 Å². The van der Waals surface area contributed by atoms with Crippen molar-refractivity contribution in [1.29, 1.82) is 0 Å². The van der Waals surface area contributed by atoms with Gasteiger partial charge in [-0.2, -0.15) is 0 Å². The molecule has 0 saturated carbocycles. The van der Waals surface area contributed by atoms with Crippen LogP contribution >= 0.6 is 0 Å². The van der Waals surface area contributed by atoms with Crippen LogP contribution in [0.15, 0.2) is 35.4 Å². The number of hydrogen-bond acceptors (Lipinski definition) is 6. The number of carbonyl (C=O) groups is 2. The second-order valence-electron chi connectivity index (χ2n) is 6.83. The topological polar surface area (TPSA) is 125 Å². The summed E-state index contributed by atoms with van der Waals surface area (Å²) in [4.78, 5) is 27.6. The highest BCUT2D eigenvalue weighted by Gasteiger charge is 2.37. The van der Waals surface area contributed by atoms with Gasteiger partial charge >= 0.3 is 0 Å². The first kappa shape index (κ1) is 22.4. The molecule has 0 fully saturated rings. The van der Waals surface area contributed by atoms with Crippen molar-refractivity contribution < 1.29 is 27.5 Å². The molecule has 0 spiro atoms. The van der Waals surface area contributed by atoms with Gasteiger partial charge in [-0.05, 0) is 50.6 Å². The number of nitrogens with zero attached hydrogens (tertiary/aromatic N) is 1. The smallest absolute Gasteiger partial charge is 0.257 e. The molecule has 0 aliphatic rings. The molecular weight excluding hydrogens is 401 g/mol. The normalized spacial score (nSPS) is 13.4. The third-order valence-electron chi connectivity index (χ3n) is 4.33. The van der Waals surface area contributed by atoms with Crippen molar-refractivity contribution >= 4 is 27.3 Å². The van der Waals surface area contributed by atoms with Crippen LogP contribution in [0.2, 0.25) is 0 Å². The minimum atomic E-state index is -4.24. The summed E-state index contributed by atoms with van der Waals surface area (Å²) in [7, 11) is -2.93. The van der Waals surface area contributed by atoms with Gasteiger partial charge in [0, 0.05) is 12.7 Å². The minimum absolute atomic E-state index is 0.303. The van der Waals surface area contributed by atoms with Crippen LogP contribution in [0.1, 0.15) is 28.5 Å². The average Bonchev–Trinajstić information content (AvgIpc) is 2.63. The molecule has 0 aliphatic heterocycles. The first-order valence-corrected chi connectivity index (χ1v) is 10.2. The van der Waals surface area contributed by atoms with Crippen LogP contribution in [-0.2, 0) is 14.6 Å². The molecule has 8 nitrogen and oxygen atoms in total. The lowest BCUT2D eigenvalue weighted by molar-refractivity contribution is -0.130. The Morgan fingerprint density at radius 3 is 2.45 bits per heavy atom. The fourth-order valence-corrected chi connectivity index (χ4v) is 4.10. The summed E-state index contributed by atoms with van der Waals surface area (Å²) < 4.78 is 39.3. The van der Waals surface area contributed by atoms with E-state index in [1.54, 1.807) is 19.9 Å². The average molecular weight is 423 g/mol. The molecule has 1 aromatic carbocycles. The highest BCUT2D eigenvalue weighted by atomic mass is 32.2. The van der Waals surface area contributed by atoms with Gasteiger partial charge in [0.1, 0.15) is 5.82 Å². The van der Waals surface area contributed by atoms with E-state index in [2.05, 4.69) is 15.6 Å². The quantitative estimate of drug-likeness (QED) is 0.644. The van der Waals surface area contributed by atoms with Crippen molar-refractivity contribution in [3.05, 3.63) is 53.1 Å². The van der Waals surface area contributed by atoms with E-state index in [4.69, 9.17) is 0 Å². The maximum atomic E-state index is 14.1. The van der Waals surface area contributed by atoms with Gasteiger partial charge in [0.2, 0.25) is 0 Å². The van der Waals surface area contributed by atoms with Gasteiger partial charge in [-0.1, -0.05) is 0 Å². The number of sulfone groups is 1. The van der Waals surface area contributed by atoms with Crippen molar-refractivity contribution in [2.45, 2.75) is 31.3 Å². The number of aryl methyl sites for hydroxylation is 2. The number of aromatic nitrogens is 1. The SMILES string of the molecule is CNC(=O)c1ccc(S(=O)(=O)CC(C)(O)C(=O)Nc2cnc(C)c(C)c2)cc1F. The Morgan fingerprint density at radius 1 is 1.24 bits per heavy atom. The van der Waals surface area contributed by atoms with Crippen LogP contribution in [0.25, 0.3) is 0 Å². The Kier molecular flexibility index (Phi) is 6.39. The van der Waals surface area contributed by atoms with Gasteiger partial charge in [-0.15, -0.1) is 0 Å². The molecule has 0 bridgehead atoms. The molecule has 0 radical (unpaired) electrons. The van der Waals surface area contributed by atoms with Crippen molar-refractivity contribution in [2.24, 2.45) is 0 Å². The summed E-state index contributed by atoms with van der Waals surface area (Å²) in [6.45, 7) is 4.62. The summed E-state index contributed by atoms with van der Waals surface area (Å²) >= 11 is 0. The number of halogens is 1. The number of rotatable bonds is 6. The summed E-state index contributed by atoms with van der Waals surface area (Å²) in [6, 6.07) is 4.39. The Balaban J connectivity index is 2.23. The molecule has 2 aromatic rings. The summed E-state index contributed by atoms with van der Waals surface area (Å²) in [5, 5.41) is 15.1. The maximum absolute atomic E-state index is 14.1. The van der Waals surface area contributed by atoms with E-state index < -0.39 is 43.7 Å². The van der Waals surface area contributed by atoms with Crippen molar-refractivity contribution in [1.82, 2.24) is 10.3 Å². The lowest BCUT2D eigenvalue weighted by Crippen LogP contribution is -2.45. The zero-order chi connectivity index (χ0) is 22.0. The van der Waals surface area contributed by atoms with Crippen LogP contribution in [-0.4, -0.2) is 48.7 Å². The number of hydrogen-bond donors (Lipinski definition) is 3. The highest BCUT2D eigenvalue weighted by Crippen LogP contribution is 2.21. The summed E-state index contributed by atoms with van der Waals surface area (Å²) in [5.41, 5.74) is -0.746. The predicted octanol–water partition coefficient (Wildman–Crippen LogP) is 1.36. The molecular formula is C19H22FN3O5S. The number of benzene rings is 1. The monoisotopic (exact) mass is 423 g/mol. The fourth-order valence-electron chi connectivity index (χ4n) is 2.50. The zero-order valence-electron chi connectivity index (χ0n) is 16.4. The molecule has 0 saturated heterocycles. The van der Waals surface area contributed by atoms with E-state index >= 15 is 0 Å². The Hall–Kier alpha value is -2.85. The third kappa shape index (κ3) is 5.15. The van der Waals surface area contributed by atoms with Gasteiger partial charge in [0.05, 0.1) is 28.1 Å². The number of nitrogens with one attached hydrogen (secondary N) is 2. The number of amides is 2. The molecule has 29 heavy (non-hydrogen) atoms. The largest absolute Gasteiger partial charge is 0.379 e. The van der Waals surface area contributed by atoms with Crippen LogP contribution in [0.5, 0.6) is 0 Å². The molecule has 3 N–H and O–H groups in total. The summed E-state index contributed by atoms with van der Waals surface area (Å²) in [5.74, 6) is -3.67. The number of carbonyl (C=O) groups excluding carboxylic acids is 2. The van der Waals surface area contributed by atoms with E-state index in [-0.39, 0.29) is 5.56 Å². The predicted molar refractivity (Wildman–Crippen MR) is 105 cm³/mol. The van der Waals surface area contributed by atoms with Gasteiger partial charge in [-0.25, -0.2) is 12.8 Å². The lowest BCUT2D eigenvalue weighted by atomic mass is 10.1. The molecule has 0 aliphatic carbocycles. The number of anilines is 1. The molecule has 1 heterocycles. The van der Waals surface area contributed by atoms with Crippen molar-refractivity contribution in [3.8, 4) is 0 Å². The molecule has 1 atom stereocenters. The van der Waals surface area contributed by atoms with Crippen molar-refractivity contribution in [3.63, 3.8) is 0 Å². The third-order valence-corrected chi connectivity index (χ3v) is 6.24. The minimum Gasteiger partial charge on any atom is -0.379 e. The molecule has 1 aromatic heterocycles. The van der Waals surface area contributed by atoms with E-state index in [0.29, 0.717) is 11.8 Å². The number of aliphatic hydroxyl groups is 1. The number of pyridine rings is 1. The fraction of sp³-hybridized carbons (Fsp3) is 0.316.